The Morgan fingerprint density at radius 1 is 1.07 bits per heavy atom. The van der Waals surface area contributed by atoms with Gasteiger partial charge >= 0.3 is 0 Å². The molecule has 1 saturated heterocycles. The van der Waals surface area contributed by atoms with Crippen molar-refractivity contribution < 1.29 is 18.7 Å². The van der Waals surface area contributed by atoms with Crippen molar-refractivity contribution in [1.29, 1.82) is 0 Å². The zero-order valence-electron chi connectivity index (χ0n) is 23.8. The molecule has 8 nitrogen and oxygen atoms in total. The average molecular weight is 571 g/mol. The van der Waals surface area contributed by atoms with E-state index >= 15 is 0 Å². The fourth-order valence-electron chi connectivity index (χ4n) is 5.85. The van der Waals surface area contributed by atoms with Crippen molar-refractivity contribution in [3.63, 3.8) is 0 Å². The lowest BCUT2D eigenvalue weighted by Crippen LogP contribution is -2.39. The summed E-state index contributed by atoms with van der Waals surface area (Å²) < 4.78 is 24.6. The van der Waals surface area contributed by atoms with E-state index in [1.165, 1.54) is 12.1 Å². The number of benzene rings is 2. The number of anilines is 1. The molecule has 1 N–H and O–H groups in total. The molecule has 0 radical (unpaired) electrons. The molecule has 42 heavy (non-hydrogen) atoms. The van der Waals surface area contributed by atoms with Crippen LogP contribution in [-0.4, -0.2) is 60.7 Å². The molecule has 4 aromatic rings. The number of aromatic nitrogens is 2. The molecule has 2 aromatic heterocycles. The van der Waals surface area contributed by atoms with Crippen LogP contribution in [0.4, 0.5) is 10.2 Å². The molecule has 218 valence electrons. The Morgan fingerprint density at radius 2 is 1.86 bits per heavy atom. The van der Waals surface area contributed by atoms with Crippen molar-refractivity contribution >= 4 is 22.6 Å². The van der Waals surface area contributed by atoms with Crippen molar-refractivity contribution in [2.75, 3.05) is 44.9 Å². The number of aryl methyl sites for hydroxylation is 2. The van der Waals surface area contributed by atoms with Crippen LogP contribution < -0.4 is 15.2 Å². The standard InChI is InChI=1S/C33H35FN4O4/c1-41-27-11-8-24-18-25(31(35-30(24)20-27)37-14-16-42-17-15-37)21-38(13-12-22-6-9-26(34)10-7-22)33(40)28-19-23-4-2-3-5-29(23)36-32(28)39/h6-11,18-20H,2-5,12-17,21H2,1H3,(H,36,39). The maximum absolute atomic E-state index is 14.1. The fourth-order valence-corrected chi connectivity index (χ4v) is 5.85. The van der Waals surface area contributed by atoms with Gasteiger partial charge in [0.2, 0.25) is 0 Å². The van der Waals surface area contributed by atoms with Gasteiger partial charge in [0.15, 0.2) is 0 Å². The van der Waals surface area contributed by atoms with Crippen molar-refractivity contribution in [3.8, 4) is 5.75 Å². The summed E-state index contributed by atoms with van der Waals surface area (Å²) in [7, 11) is 1.63. The third-order valence-corrected chi connectivity index (χ3v) is 8.19. The van der Waals surface area contributed by atoms with Crippen molar-refractivity contribution in [2.45, 2.75) is 38.6 Å². The lowest BCUT2D eigenvalue weighted by Gasteiger charge is -2.31. The molecule has 1 aliphatic carbocycles. The van der Waals surface area contributed by atoms with Crippen LogP contribution in [0.15, 0.2) is 59.4 Å². The Bertz CT molecular complexity index is 1650. The number of methoxy groups -OCH3 is 1. The van der Waals surface area contributed by atoms with Crippen molar-refractivity contribution in [1.82, 2.24) is 14.9 Å². The van der Waals surface area contributed by atoms with Crippen LogP contribution in [0.25, 0.3) is 10.9 Å². The van der Waals surface area contributed by atoms with Crippen molar-refractivity contribution in [2.24, 2.45) is 0 Å². The van der Waals surface area contributed by atoms with Crippen LogP contribution in [0.2, 0.25) is 0 Å². The monoisotopic (exact) mass is 570 g/mol. The predicted molar refractivity (Wildman–Crippen MR) is 160 cm³/mol. The number of amides is 1. The molecule has 0 bridgehead atoms. The summed E-state index contributed by atoms with van der Waals surface area (Å²) in [5.41, 5.74) is 4.37. The van der Waals surface area contributed by atoms with Gasteiger partial charge < -0.3 is 24.3 Å². The molecular formula is C33H35FN4O4. The van der Waals surface area contributed by atoms with Gasteiger partial charge in [-0.25, -0.2) is 9.37 Å². The highest BCUT2D eigenvalue weighted by Crippen LogP contribution is 2.29. The number of hydrogen-bond acceptors (Lipinski definition) is 6. The van der Waals surface area contributed by atoms with Crippen molar-refractivity contribution in [3.05, 3.63) is 98.7 Å². The number of pyridine rings is 2. The molecule has 2 aliphatic rings. The summed E-state index contributed by atoms with van der Waals surface area (Å²) in [6, 6.07) is 15.9. The first kappa shape index (κ1) is 27.9. The highest BCUT2D eigenvalue weighted by atomic mass is 19.1. The number of hydrogen-bond donors (Lipinski definition) is 1. The maximum Gasteiger partial charge on any atom is 0.261 e. The zero-order chi connectivity index (χ0) is 29.1. The Labute approximate surface area is 244 Å². The third kappa shape index (κ3) is 6.01. The third-order valence-electron chi connectivity index (χ3n) is 8.19. The molecule has 3 heterocycles. The average Bonchev–Trinajstić information content (AvgIpc) is 3.03. The molecular weight excluding hydrogens is 535 g/mol. The lowest BCUT2D eigenvalue weighted by atomic mass is 9.95. The first-order valence-corrected chi connectivity index (χ1v) is 14.6. The SMILES string of the molecule is COc1ccc2cc(CN(CCc3ccc(F)cc3)C(=O)c3cc4c([nH]c3=O)CCCC4)c(N3CCOCC3)nc2c1. The number of halogens is 1. The van der Waals surface area contributed by atoms with Crippen LogP contribution in [0.1, 0.15) is 45.6 Å². The number of aromatic amines is 1. The second-order valence-electron chi connectivity index (χ2n) is 11.0. The van der Waals surface area contributed by atoms with E-state index in [1.807, 2.05) is 18.2 Å². The number of ether oxygens (including phenoxy) is 2. The van der Waals surface area contributed by atoms with E-state index in [9.17, 15) is 14.0 Å². The topological polar surface area (TPSA) is 87.8 Å². The second kappa shape index (κ2) is 12.3. The molecule has 1 fully saturated rings. The predicted octanol–water partition coefficient (Wildman–Crippen LogP) is 4.67. The molecule has 0 atom stereocenters. The first-order valence-electron chi connectivity index (χ1n) is 14.6. The highest BCUT2D eigenvalue weighted by Gasteiger charge is 2.25. The Hall–Kier alpha value is -4.24. The Balaban J connectivity index is 1.39. The van der Waals surface area contributed by atoms with Crippen LogP contribution in [0, 0.1) is 5.82 Å². The lowest BCUT2D eigenvalue weighted by molar-refractivity contribution is 0.0742. The molecule has 6 rings (SSSR count). The molecule has 2 aromatic carbocycles. The van der Waals surface area contributed by atoms with Gasteiger partial charge in [0, 0.05) is 48.9 Å². The quantitative estimate of drug-likeness (QED) is 0.331. The maximum atomic E-state index is 14.1. The summed E-state index contributed by atoms with van der Waals surface area (Å²) in [5, 5.41) is 0.931. The van der Waals surface area contributed by atoms with Gasteiger partial charge in [-0.3, -0.25) is 9.59 Å². The number of nitrogens with zero attached hydrogens (tertiary/aromatic N) is 3. The summed E-state index contributed by atoms with van der Waals surface area (Å²) >= 11 is 0. The van der Waals surface area contributed by atoms with Gasteiger partial charge in [-0.15, -0.1) is 0 Å². The van der Waals surface area contributed by atoms with E-state index in [4.69, 9.17) is 14.5 Å². The zero-order valence-corrected chi connectivity index (χ0v) is 23.8. The highest BCUT2D eigenvalue weighted by molar-refractivity contribution is 5.94. The van der Waals surface area contributed by atoms with E-state index in [2.05, 4.69) is 16.0 Å². The van der Waals surface area contributed by atoms with Gasteiger partial charge in [-0.2, -0.15) is 0 Å². The van der Waals surface area contributed by atoms with E-state index in [0.29, 0.717) is 39.3 Å². The number of morpholine rings is 1. The number of H-pyrrole nitrogens is 1. The number of rotatable bonds is 8. The summed E-state index contributed by atoms with van der Waals surface area (Å²) in [6.07, 6.45) is 4.26. The minimum absolute atomic E-state index is 0.154. The molecule has 1 aliphatic heterocycles. The smallest absolute Gasteiger partial charge is 0.261 e. The normalized spacial score (nSPS) is 15.0. The van der Waals surface area contributed by atoms with Gasteiger partial charge in [0.05, 0.1) is 25.8 Å². The number of carbonyl (C=O) groups excluding carboxylic acids is 1. The van der Waals surface area contributed by atoms with Gasteiger partial charge in [0.1, 0.15) is 22.9 Å². The van der Waals surface area contributed by atoms with Gasteiger partial charge in [-0.05, 0) is 79.6 Å². The van der Waals surface area contributed by atoms with Crippen LogP contribution in [-0.2, 0) is 30.5 Å². The largest absolute Gasteiger partial charge is 0.497 e. The van der Waals surface area contributed by atoms with Gasteiger partial charge in [0.25, 0.3) is 11.5 Å². The van der Waals surface area contributed by atoms with E-state index in [-0.39, 0.29) is 29.4 Å². The molecule has 9 heteroatoms. The summed E-state index contributed by atoms with van der Waals surface area (Å²) in [6.45, 7) is 3.17. The number of carbonyl (C=O) groups is 1. The minimum atomic E-state index is -0.357. The van der Waals surface area contributed by atoms with Crippen LogP contribution in [0.5, 0.6) is 5.75 Å². The molecule has 0 spiro atoms. The Kier molecular flexibility index (Phi) is 8.19. The van der Waals surface area contributed by atoms with E-state index in [1.54, 1.807) is 30.2 Å². The van der Waals surface area contributed by atoms with E-state index in [0.717, 1.165) is 70.5 Å². The summed E-state index contributed by atoms with van der Waals surface area (Å²) in [4.78, 5) is 39.2. The van der Waals surface area contributed by atoms with E-state index < -0.39 is 0 Å². The number of nitrogens with one attached hydrogen (secondary N) is 1. The molecule has 0 unspecified atom stereocenters. The first-order chi connectivity index (χ1) is 20.5. The minimum Gasteiger partial charge on any atom is -0.497 e. The fraction of sp³-hybridized carbons (Fsp3) is 0.364. The summed E-state index contributed by atoms with van der Waals surface area (Å²) in [5.74, 6) is 0.882. The second-order valence-corrected chi connectivity index (χ2v) is 11.0. The van der Waals surface area contributed by atoms with Crippen LogP contribution >= 0.6 is 0 Å². The van der Waals surface area contributed by atoms with Crippen LogP contribution in [0.3, 0.4) is 0 Å². The molecule has 1 amide bonds. The van der Waals surface area contributed by atoms with Gasteiger partial charge in [-0.1, -0.05) is 12.1 Å². The molecule has 0 saturated carbocycles. The Morgan fingerprint density at radius 3 is 2.64 bits per heavy atom. The number of fused-ring (bicyclic) bond motifs is 2.